The third kappa shape index (κ3) is 3.10. The zero-order valence-electron chi connectivity index (χ0n) is 14.2. The predicted octanol–water partition coefficient (Wildman–Crippen LogP) is 2.59. The standard InChI is InChI=1S/C19H19N3O3S/c23-17-12-22(15-5-2-1-4-14(15)20-17)18(24)13-7-9-21(10-8-13)19(25)16-6-3-11-26-16/h1-6,11,13H,7-10,12H2,(H,20,23). The Morgan fingerprint density at radius 2 is 1.85 bits per heavy atom. The summed E-state index contributed by atoms with van der Waals surface area (Å²) in [4.78, 5) is 41.5. The number of likely N-dealkylation sites (tertiary alicyclic amines) is 1. The molecule has 134 valence electrons. The number of fused-ring (bicyclic) bond motifs is 1. The van der Waals surface area contributed by atoms with Crippen LogP contribution < -0.4 is 10.2 Å². The molecule has 4 rings (SSSR count). The molecular weight excluding hydrogens is 350 g/mol. The van der Waals surface area contributed by atoms with Crippen molar-refractivity contribution in [2.45, 2.75) is 12.8 Å². The number of carbonyl (C=O) groups excluding carboxylic acids is 3. The van der Waals surface area contributed by atoms with Gasteiger partial charge in [-0.1, -0.05) is 18.2 Å². The topological polar surface area (TPSA) is 69.7 Å². The molecule has 0 radical (unpaired) electrons. The first-order valence-electron chi connectivity index (χ1n) is 8.66. The van der Waals surface area contributed by atoms with E-state index in [-0.39, 0.29) is 30.2 Å². The van der Waals surface area contributed by atoms with Crippen molar-refractivity contribution in [2.75, 3.05) is 29.9 Å². The monoisotopic (exact) mass is 369 g/mol. The summed E-state index contributed by atoms with van der Waals surface area (Å²) in [5.74, 6) is -0.340. The third-order valence-corrected chi connectivity index (χ3v) is 5.76. The zero-order valence-corrected chi connectivity index (χ0v) is 15.0. The molecule has 0 bridgehead atoms. The highest BCUT2D eigenvalue weighted by Crippen LogP contribution is 2.32. The van der Waals surface area contributed by atoms with Gasteiger partial charge in [0, 0.05) is 19.0 Å². The van der Waals surface area contributed by atoms with Crippen molar-refractivity contribution in [2.24, 2.45) is 5.92 Å². The second kappa shape index (κ2) is 6.92. The largest absolute Gasteiger partial charge is 0.338 e. The Bertz CT molecular complexity index is 841. The van der Waals surface area contributed by atoms with Crippen molar-refractivity contribution in [1.29, 1.82) is 0 Å². The number of hydrogen-bond donors (Lipinski definition) is 1. The van der Waals surface area contributed by atoms with Gasteiger partial charge in [0.15, 0.2) is 0 Å². The third-order valence-electron chi connectivity index (χ3n) is 4.90. The maximum atomic E-state index is 13.0. The van der Waals surface area contributed by atoms with E-state index in [1.807, 2.05) is 40.6 Å². The summed E-state index contributed by atoms with van der Waals surface area (Å²) in [6, 6.07) is 11.0. The fraction of sp³-hybridized carbons (Fsp3) is 0.316. The van der Waals surface area contributed by atoms with E-state index in [2.05, 4.69) is 5.32 Å². The maximum absolute atomic E-state index is 13.0. The summed E-state index contributed by atoms with van der Waals surface area (Å²) < 4.78 is 0. The van der Waals surface area contributed by atoms with Gasteiger partial charge in [0.1, 0.15) is 6.54 Å². The first-order valence-corrected chi connectivity index (χ1v) is 9.54. The highest BCUT2D eigenvalue weighted by Gasteiger charge is 2.34. The number of carbonyl (C=O) groups is 3. The molecule has 6 nitrogen and oxygen atoms in total. The Morgan fingerprint density at radius 1 is 1.08 bits per heavy atom. The molecule has 1 aromatic carbocycles. The molecule has 1 fully saturated rings. The van der Waals surface area contributed by atoms with Crippen LogP contribution >= 0.6 is 11.3 Å². The summed E-state index contributed by atoms with van der Waals surface area (Å²) >= 11 is 1.44. The lowest BCUT2D eigenvalue weighted by atomic mass is 9.94. The summed E-state index contributed by atoms with van der Waals surface area (Å²) in [6.07, 6.45) is 1.24. The van der Waals surface area contributed by atoms with Crippen molar-refractivity contribution in [3.63, 3.8) is 0 Å². The molecule has 3 amide bonds. The number of nitrogens with zero attached hydrogens (tertiary/aromatic N) is 2. The Balaban J connectivity index is 1.44. The van der Waals surface area contributed by atoms with E-state index < -0.39 is 0 Å². The molecule has 3 heterocycles. The van der Waals surface area contributed by atoms with Crippen molar-refractivity contribution >= 4 is 40.4 Å². The van der Waals surface area contributed by atoms with Crippen LogP contribution in [0.5, 0.6) is 0 Å². The summed E-state index contributed by atoms with van der Waals surface area (Å²) in [5.41, 5.74) is 1.41. The van der Waals surface area contributed by atoms with Gasteiger partial charge in [-0.15, -0.1) is 11.3 Å². The van der Waals surface area contributed by atoms with Crippen molar-refractivity contribution < 1.29 is 14.4 Å². The van der Waals surface area contributed by atoms with E-state index in [4.69, 9.17) is 0 Å². The SMILES string of the molecule is O=C1CN(C(=O)C2CCN(C(=O)c3cccs3)CC2)c2ccccc2N1. The number of amides is 3. The lowest BCUT2D eigenvalue weighted by Crippen LogP contribution is -2.48. The number of benzene rings is 1. The fourth-order valence-electron chi connectivity index (χ4n) is 3.54. The van der Waals surface area contributed by atoms with Crippen LogP contribution in [0, 0.1) is 5.92 Å². The van der Waals surface area contributed by atoms with Gasteiger partial charge in [0.25, 0.3) is 5.91 Å². The van der Waals surface area contributed by atoms with Crippen LogP contribution in [0.2, 0.25) is 0 Å². The van der Waals surface area contributed by atoms with E-state index in [9.17, 15) is 14.4 Å². The summed E-state index contributed by atoms with van der Waals surface area (Å²) in [5, 5.41) is 4.69. The number of anilines is 2. The molecule has 2 aliphatic rings. The Kier molecular flexibility index (Phi) is 4.46. The van der Waals surface area contributed by atoms with E-state index in [1.165, 1.54) is 11.3 Å². The Morgan fingerprint density at radius 3 is 2.58 bits per heavy atom. The van der Waals surface area contributed by atoms with Crippen LogP contribution in [0.4, 0.5) is 11.4 Å². The molecule has 0 saturated carbocycles. The van der Waals surface area contributed by atoms with Gasteiger partial charge in [-0.2, -0.15) is 0 Å². The number of thiophene rings is 1. The lowest BCUT2D eigenvalue weighted by Gasteiger charge is -2.36. The first kappa shape index (κ1) is 16.8. The minimum absolute atomic E-state index is 0.0319. The van der Waals surface area contributed by atoms with Crippen LogP contribution in [-0.2, 0) is 9.59 Å². The van der Waals surface area contributed by atoms with E-state index in [0.29, 0.717) is 31.6 Å². The summed E-state index contributed by atoms with van der Waals surface area (Å²) in [6.45, 7) is 1.17. The smallest absolute Gasteiger partial charge is 0.263 e. The minimum atomic E-state index is -0.178. The second-order valence-corrected chi connectivity index (χ2v) is 7.48. The van der Waals surface area contributed by atoms with Crippen LogP contribution in [0.1, 0.15) is 22.5 Å². The number of piperidine rings is 1. The Hall–Kier alpha value is -2.67. The van der Waals surface area contributed by atoms with E-state index in [0.717, 1.165) is 10.6 Å². The Labute approximate surface area is 155 Å². The molecular formula is C19H19N3O3S. The molecule has 0 atom stereocenters. The quantitative estimate of drug-likeness (QED) is 0.885. The van der Waals surface area contributed by atoms with E-state index in [1.54, 1.807) is 11.0 Å². The van der Waals surface area contributed by atoms with Gasteiger partial charge in [-0.3, -0.25) is 14.4 Å². The average molecular weight is 369 g/mol. The van der Waals surface area contributed by atoms with Crippen molar-refractivity contribution in [1.82, 2.24) is 4.90 Å². The van der Waals surface area contributed by atoms with Gasteiger partial charge in [0.05, 0.1) is 16.3 Å². The highest BCUT2D eigenvalue weighted by molar-refractivity contribution is 7.12. The van der Waals surface area contributed by atoms with Crippen LogP contribution in [0.3, 0.4) is 0 Å². The normalized spacial score (nSPS) is 17.6. The summed E-state index contributed by atoms with van der Waals surface area (Å²) in [7, 11) is 0. The van der Waals surface area contributed by atoms with Gasteiger partial charge >= 0.3 is 0 Å². The van der Waals surface area contributed by atoms with Crippen LogP contribution in [0.25, 0.3) is 0 Å². The number of rotatable bonds is 2. The predicted molar refractivity (Wildman–Crippen MR) is 100 cm³/mol. The molecule has 7 heteroatoms. The number of hydrogen-bond acceptors (Lipinski definition) is 4. The zero-order chi connectivity index (χ0) is 18.1. The molecule has 1 aromatic heterocycles. The van der Waals surface area contributed by atoms with Crippen LogP contribution in [0.15, 0.2) is 41.8 Å². The molecule has 0 spiro atoms. The van der Waals surface area contributed by atoms with Gasteiger partial charge in [-0.25, -0.2) is 0 Å². The highest BCUT2D eigenvalue weighted by atomic mass is 32.1. The van der Waals surface area contributed by atoms with Crippen molar-refractivity contribution in [3.05, 3.63) is 46.7 Å². The lowest BCUT2D eigenvalue weighted by molar-refractivity contribution is -0.125. The number of nitrogens with one attached hydrogen (secondary N) is 1. The molecule has 26 heavy (non-hydrogen) atoms. The maximum Gasteiger partial charge on any atom is 0.263 e. The first-order chi connectivity index (χ1) is 12.6. The molecule has 2 aromatic rings. The van der Waals surface area contributed by atoms with E-state index >= 15 is 0 Å². The molecule has 0 unspecified atom stereocenters. The minimum Gasteiger partial charge on any atom is -0.338 e. The van der Waals surface area contributed by atoms with Gasteiger partial charge < -0.3 is 15.1 Å². The second-order valence-electron chi connectivity index (χ2n) is 6.53. The number of para-hydroxylation sites is 2. The van der Waals surface area contributed by atoms with Gasteiger partial charge in [0.2, 0.25) is 11.8 Å². The molecule has 2 aliphatic heterocycles. The molecule has 1 N–H and O–H groups in total. The van der Waals surface area contributed by atoms with Crippen LogP contribution in [-0.4, -0.2) is 42.3 Å². The average Bonchev–Trinajstić information content (AvgIpc) is 3.21. The molecule has 1 saturated heterocycles. The fourth-order valence-corrected chi connectivity index (χ4v) is 4.23. The van der Waals surface area contributed by atoms with Crippen molar-refractivity contribution in [3.8, 4) is 0 Å². The molecule has 0 aliphatic carbocycles. The van der Waals surface area contributed by atoms with Gasteiger partial charge in [-0.05, 0) is 36.4 Å².